The number of aryl methyl sites for hydroxylation is 1. The first-order valence-corrected chi connectivity index (χ1v) is 6.01. The maximum atomic E-state index is 10.8. The lowest BCUT2D eigenvalue weighted by molar-refractivity contribution is -0.384. The van der Waals surface area contributed by atoms with E-state index in [2.05, 4.69) is 10.2 Å². The summed E-state index contributed by atoms with van der Waals surface area (Å²) in [5, 5.41) is 28.4. The predicted molar refractivity (Wildman–Crippen MR) is 75.1 cm³/mol. The van der Waals surface area contributed by atoms with Crippen molar-refractivity contribution in [2.75, 3.05) is 0 Å². The minimum Gasteiger partial charge on any atom is -0.504 e. The first kappa shape index (κ1) is 14.0. The van der Waals surface area contributed by atoms with Crippen molar-refractivity contribution >= 4 is 28.7 Å². The smallest absolute Gasteiger partial charge is 0.296 e. The summed E-state index contributed by atoms with van der Waals surface area (Å²) in [6.07, 6.45) is 0. The van der Waals surface area contributed by atoms with Crippen molar-refractivity contribution in [1.29, 1.82) is 0 Å². The van der Waals surface area contributed by atoms with Gasteiger partial charge in [-0.2, -0.15) is 0 Å². The van der Waals surface area contributed by atoms with Crippen LogP contribution in [0.4, 0.5) is 17.1 Å². The zero-order valence-electron chi connectivity index (χ0n) is 10.4. The topological polar surface area (TPSA) is 88.1 Å². The zero-order chi connectivity index (χ0) is 14.7. The molecule has 0 saturated heterocycles. The Hall–Kier alpha value is -2.47. The third-order valence-electron chi connectivity index (χ3n) is 2.53. The zero-order valence-corrected chi connectivity index (χ0v) is 11.2. The van der Waals surface area contributed by atoms with Crippen LogP contribution in [0.3, 0.4) is 0 Å². The number of halogens is 1. The Balaban J connectivity index is 2.42. The van der Waals surface area contributed by atoms with E-state index in [1.807, 2.05) is 0 Å². The molecule has 20 heavy (non-hydrogen) atoms. The van der Waals surface area contributed by atoms with Gasteiger partial charge in [-0.25, -0.2) is 0 Å². The van der Waals surface area contributed by atoms with Crippen LogP contribution in [0.5, 0.6) is 5.75 Å². The third-order valence-corrected chi connectivity index (χ3v) is 2.82. The highest BCUT2D eigenvalue weighted by molar-refractivity contribution is 6.32. The molecule has 2 rings (SSSR count). The van der Waals surface area contributed by atoms with Crippen molar-refractivity contribution in [1.82, 2.24) is 0 Å². The minimum absolute atomic E-state index is 0.106. The van der Waals surface area contributed by atoms with Gasteiger partial charge in [0, 0.05) is 6.07 Å². The number of hydrogen-bond donors (Lipinski definition) is 1. The molecule has 0 aliphatic carbocycles. The van der Waals surface area contributed by atoms with E-state index in [0.29, 0.717) is 0 Å². The van der Waals surface area contributed by atoms with Gasteiger partial charge in [-0.1, -0.05) is 23.7 Å². The first-order chi connectivity index (χ1) is 9.49. The third kappa shape index (κ3) is 2.92. The molecule has 0 fully saturated rings. The number of azo groups is 1. The number of rotatable bonds is 3. The highest BCUT2D eigenvalue weighted by Crippen LogP contribution is 2.37. The van der Waals surface area contributed by atoms with Crippen LogP contribution in [0.1, 0.15) is 5.56 Å². The van der Waals surface area contributed by atoms with Gasteiger partial charge >= 0.3 is 0 Å². The van der Waals surface area contributed by atoms with E-state index >= 15 is 0 Å². The van der Waals surface area contributed by atoms with E-state index < -0.39 is 4.92 Å². The van der Waals surface area contributed by atoms with Gasteiger partial charge in [-0.3, -0.25) is 10.1 Å². The van der Waals surface area contributed by atoms with Gasteiger partial charge in [0.25, 0.3) is 5.69 Å². The summed E-state index contributed by atoms with van der Waals surface area (Å²) in [6.45, 7) is 1.79. The lowest BCUT2D eigenvalue weighted by Gasteiger charge is -2.02. The van der Waals surface area contributed by atoms with E-state index in [0.717, 1.165) is 5.56 Å². The van der Waals surface area contributed by atoms with Gasteiger partial charge in [0.1, 0.15) is 5.69 Å². The van der Waals surface area contributed by atoms with E-state index in [1.54, 1.807) is 25.1 Å². The molecule has 0 bridgehead atoms. The molecule has 0 radical (unpaired) electrons. The fraction of sp³-hybridized carbons (Fsp3) is 0.0769. The largest absolute Gasteiger partial charge is 0.504 e. The van der Waals surface area contributed by atoms with Gasteiger partial charge in [-0.15, -0.1) is 10.2 Å². The highest BCUT2D eigenvalue weighted by atomic mass is 35.5. The Kier molecular flexibility index (Phi) is 3.95. The number of hydrogen-bond acceptors (Lipinski definition) is 5. The van der Waals surface area contributed by atoms with Crippen LogP contribution in [0.15, 0.2) is 46.6 Å². The number of nitro benzene ring substituents is 1. The summed E-state index contributed by atoms with van der Waals surface area (Å²) >= 11 is 5.82. The number of aromatic hydroxyl groups is 1. The van der Waals surface area contributed by atoms with Crippen molar-refractivity contribution < 1.29 is 10.0 Å². The molecule has 6 nitrogen and oxygen atoms in total. The van der Waals surface area contributed by atoms with E-state index in [9.17, 15) is 15.2 Å². The molecule has 1 N–H and O–H groups in total. The first-order valence-electron chi connectivity index (χ1n) is 5.63. The summed E-state index contributed by atoms with van der Waals surface area (Å²) in [7, 11) is 0. The predicted octanol–water partition coefficient (Wildman–Crippen LogP) is 4.68. The maximum Gasteiger partial charge on any atom is 0.296 e. The second kappa shape index (κ2) is 5.66. The fourth-order valence-corrected chi connectivity index (χ4v) is 1.87. The molecule has 0 aliphatic rings. The molecule has 0 saturated carbocycles. The average Bonchev–Trinajstić information content (AvgIpc) is 2.41. The van der Waals surface area contributed by atoms with Crippen molar-refractivity contribution in [3.05, 3.63) is 57.1 Å². The Morgan fingerprint density at radius 2 is 1.85 bits per heavy atom. The van der Waals surface area contributed by atoms with Crippen LogP contribution < -0.4 is 0 Å². The quantitative estimate of drug-likeness (QED) is 0.506. The van der Waals surface area contributed by atoms with Crippen molar-refractivity contribution in [2.45, 2.75) is 6.92 Å². The van der Waals surface area contributed by atoms with E-state index in [-0.39, 0.29) is 27.8 Å². The number of phenols is 1. The molecule has 7 heteroatoms. The number of nitrogens with zero attached hydrogens (tertiary/aromatic N) is 3. The van der Waals surface area contributed by atoms with Crippen molar-refractivity contribution in [2.24, 2.45) is 10.2 Å². The molecule has 2 aromatic rings. The van der Waals surface area contributed by atoms with Gasteiger partial charge in [-0.05, 0) is 30.7 Å². The van der Waals surface area contributed by atoms with E-state index in [4.69, 9.17) is 11.6 Å². The lowest BCUT2D eigenvalue weighted by atomic mass is 10.2. The number of para-hydroxylation sites is 1. The standard InChI is InChI=1S/C13H10ClN3O3/c1-8-6-9(14)13(18)11(7-8)16-15-10-4-2-3-5-12(10)17(19)20/h2-7,18H,1H3. The lowest BCUT2D eigenvalue weighted by Crippen LogP contribution is -1.87. The van der Waals surface area contributed by atoms with Crippen molar-refractivity contribution in [3.63, 3.8) is 0 Å². The average molecular weight is 292 g/mol. The van der Waals surface area contributed by atoms with Gasteiger partial charge < -0.3 is 5.11 Å². The molecule has 0 atom stereocenters. The summed E-state index contributed by atoms with van der Waals surface area (Å²) in [5.74, 6) is -0.209. The summed E-state index contributed by atoms with van der Waals surface area (Å²) in [4.78, 5) is 10.3. The molecular formula is C13H10ClN3O3. The monoisotopic (exact) mass is 291 g/mol. The Morgan fingerprint density at radius 3 is 2.55 bits per heavy atom. The minimum atomic E-state index is -0.544. The highest BCUT2D eigenvalue weighted by Gasteiger charge is 2.12. The molecular weight excluding hydrogens is 282 g/mol. The number of nitro groups is 1. The summed E-state index contributed by atoms with van der Waals surface area (Å²) in [5.41, 5.74) is 0.904. The Labute approximate surface area is 119 Å². The molecule has 0 spiro atoms. The summed E-state index contributed by atoms with van der Waals surface area (Å²) < 4.78 is 0. The molecule has 102 valence electrons. The Bertz CT molecular complexity index is 701. The van der Waals surface area contributed by atoms with Crippen LogP contribution in [0, 0.1) is 17.0 Å². The second-order valence-electron chi connectivity index (χ2n) is 4.06. The van der Waals surface area contributed by atoms with Crippen LogP contribution in [0.25, 0.3) is 0 Å². The molecule has 0 aliphatic heterocycles. The van der Waals surface area contributed by atoms with Gasteiger partial charge in [0.15, 0.2) is 11.4 Å². The molecule has 2 aromatic carbocycles. The fourth-order valence-electron chi connectivity index (χ4n) is 1.60. The van der Waals surface area contributed by atoms with Crippen molar-refractivity contribution in [3.8, 4) is 5.75 Å². The normalized spacial score (nSPS) is 10.9. The van der Waals surface area contributed by atoms with Gasteiger partial charge in [0.05, 0.1) is 9.95 Å². The molecule has 0 aromatic heterocycles. The maximum absolute atomic E-state index is 10.8. The van der Waals surface area contributed by atoms with Crippen LogP contribution in [-0.2, 0) is 0 Å². The number of phenolic OH excluding ortho intramolecular Hbond substituents is 1. The van der Waals surface area contributed by atoms with Crippen LogP contribution in [0.2, 0.25) is 5.02 Å². The van der Waals surface area contributed by atoms with Crippen LogP contribution >= 0.6 is 11.6 Å². The SMILES string of the molecule is Cc1cc(Cl)c(O)c(N=Nc2ccccc2[N+](=O)[O-])c1. The molecule has 0 heterocycles. The van der Waals surface area contributed by atoms with E-state index in [1.165, 1.54) is 18.2 Å². The van der Waals surface area contributed by atoms with Gasteiger partial charge in [0.2, 0.25) is 0 Å². The summed E-state index contributed by atoms with van der Waals surface area (Å²) in [6, 6.07) is 9.12. The molecule has 0 amide bonds. The Morgan fingerprint density at radius 1 is 1.20 bits per heavy atom. The second-order valence-corrected chi connectivity index (χ2v) is 4.47. The molecule has 0 unspecified atom stereocenters. The van der Waals surface area contributed by atoms with Crippen LogP contribution in [-0.4, -0.2) is 10.0 Å². The number of benzene rings is 2.